The van der Waals surface area contributed by atoms with Gasteiger partial charge in [0.2, 0.25) is 17.7 Å². The van der Waals surface area contributed by atoms with Crippen molar-refractivity contribution in [1.82, 2.24) is 30.6 Å². The molecular weight excluding hydrogens is 352 g/mol. The Hall–Kier alpha value is -2.91. The molecule has 1 saturated heterocycles. The molecule has 1 aliphatic carbocycles. The molecule has 1 aromatic rings. The fraction of sp³-hybridized carbons (Fsp3) is 0.588. The second-order valence-corrected chi connectivity index (χ2v) is 6.89. The van der Waals surface area contributed by atoms with Gasteiger partial charge in [0.05, 0.1) is 6.54 Å². The van der Waals surface area contributed by atoms with Crippen LogP contribution in [0.15, 0.2) is 18.5 Å². The van der Waals surface area contributed by atoms with Crippen molar-refractivity contribution in [3.63, 3.8) is 0 Å². The molecule has 27 heavy (non-hydrogen) atoms. The molecule has 0 aromatic carbocycles. The summed E-state index contributed by atoms with van der Waals surface area (Å²) >= 11 is 0. The number of nitrogens with zero attached hydrogens (tertiary/aromatic N) is 3. The fourth-order valence-corrected chi connectivity index (χ4v) is 3.43. The van der Waals surface area contributed by atoms with Gasteiger partial charge in [-0.3, -0.25) is 24.4 Å². The third kappa shape index (κ3) is 5.28. The summed E-state index contributed by atoms with van der Waals surface area (Å²) in [5.74, 6) is -0.684. The van der Waals surface area contributed by atoms with E-state index < -0.39 is 11.9 Å². The topological polar surface area (TPSA) is 125 Å². The first-order valence-corrected chi connectivity index (χ1v) is 9.14. The molecule has 1 aliphatic heterocycles. The van der Waals surface area contributed by atoms with E-state index in [1.54, 1.807) is 10.9 Å². The van der Waals surface area contributed by atoms with Gasteiger partial charge in [0.15, 0.2) is 0 Å². The van der Waals surface area contributed by atoms with Crippen molar-refractivity contribution in [3.05, 3.63) is 18.5 Å². The number of hydrogen-bond donors (Lipinski definition) is 3. The van der Waals surface area contributed by atoms with Gasteiger partial charge in [0.25, 0.3) is 0 Å². The molecule has 0 radical (unpaired) electrons. The maximum atomic E-state index is 12.2. The molecule has 3 N–H and O–H groups in total. The summed E-state index contributed by atoms with van der Waals surface area (Å²) in [4.78, 5) is 48.1. The molecule has 146 valence electrons. The van der Waals surface area contributed by atoms with Gasteiger partial charge in [0, 0.05) is 30.9 Å². The maximum absolute atomic E-state index is 12.2. The highest BCUT2D eigenvalue weighted by atomic mass is 16.2. The van der Waals surface area contributed by atoms with Crippen molar-refractivity contribution >= 4 is 23.8 Å². The largest absolute Gasteiger partial charge is 0.354 e. The Labute approximate surface area is 156 Å². The van der Waals surface area contributed by atoms with Gasteiger partial charge in [-0.1, -0.05) is 0 Å². The first-order chi connectivity index (χ1) is 13.0. The number of amides is 5. The second kappa shape index (κ2) is 8.65. The van der Waals surface area contributed by atoms with Gasteiger partial charge in [-0.15, -0.1) is 0 Å². The smallest absolute Gasteiger partial charge is 0.325 e. The molecule has 2 fully saturated rings. The minimum Gasteiger partial charge on any atom is -0.354 e. The van der Waals surface area contributed by atoms with Gasteiger partial charge in [-0.25, -0.2) is 4.79 Å². The summed E-state index contributed by atoms with van der Waals surface area (Å²) in [5.41, 5.74) is 0. The van der Waals surface area contributed by atoms with Crippen LogP contribution in [0.25, 0.3) is 0 Å². The Morgan fingerprint density at radius 1 is 1.22 bits per heavy atom. The SMILES string of the molecule is O=C1CN(CC(=O)NC2CCC(C(=O)NCCn3cccn3)CC2)C(=O)N1. The molecular formula is C17H24N6O4. The zero-order chi connectivity index (χ0) is 19.2. The van der Waals surface area contributed by atoms with Gasteiger partial charge in [-0.05, 0) is 31.7 Å². The number of rotatable bonds is 7. The molecule has 10 heteroatoms. The van der Waals surface area contributed by atoms with Crippen LogP contribution >= 0.6 is 0 Å². The third-order valence-corrected chi connectivity index (χ3v) is 4.86. The summed E-state index contributed by atoms with van der Waals surface area (Å²) < 4.78 is 1.76. The van der Waals surface area contributed by atoms with Crippen molar-refractivity contribution in [2.45, 2.75) is 38.3 Å². The fourth-order valence-electron chi connectivity index (χ4n) is 3.43. The molecule has 0 unspecified atom stereocenters. The Bertz CT molecular complexity index is 696. The predicted molar refractivity (Wildman–Crippen MR) is 94.2 cm³/mol. The highest BCUT2D eigenvalue weighted by Crippen LogP contribution is 2.24. The van der Waals surface area contributed by atoms with Gasteiger partial charge in [0.1, 0.15) is 13.1 Å². The number of hydrogen-bond acceptors (Lipinski definition) is 5. The summed E-state index contributed by atoms with van der Waals surface area (Å²) in [7, 11) is 0. The van der Waals surface area contributed by atoms with E-state index in [0.717, 1.165) is 0 Å². The summed E-state index contributed by atoms with van der Waals surface area (Å²) in [5, 5.41) is 12.0. The van der Waals surface area contributed by atoms with Gasteiger partial charge in [-0.2, -0.15) is 5.10 Å². The van der Waals surface area contributed by atoms with E-state index in [2.05, 4.69) is 21.0 Å². The second-order valence-electron chi connectivity index (χ2n) is 6.89. The van der Waals surface area contributed by atoms with Crippen LogP contribution in [0.3, 0.4) is 0 Å². The Morgan fingerprint density at radius 2 is 2.00 bits per heavy atom. The van der Waals surface area contributed by atoms with E-state index >= 15 is 0 Å². The summed E-state index contributed by atoms with van der Waals surface area (Å²) in [6.07, 6.45) is 6.40. The monoisotopic (exact) mass is 376 g/mol. The van der Waals surface area contributed by atoms with E-state index in [1.165, 1.54) is 4.90 Å². The highest BCUT2D eigenvalue weighted by molar-refractivity contribution is 6.03. The normalized spacial score (nSPS) is 22.4. The number of urea groups is 1. The van der Waals surface area contributed by atoms with Crippen LogP contribution in [0.5, 0.6) is 0 Å². The van der Waals surface area contributed by atoms with E-state index in [4.69, 9.17) is 0 Å². The van der Waals surface area contributed by atoms with Crippen molar-refractivity contribution < 1.29 is 19.2 Å². The molecule has 0 bridgehead atoms. The Morgan fingerprint density at radius 3 is 2.63 bits per heavy atom. The van der Waals surface area contributed by atoms with E-state index in [1.807, 2.05) is 12.3 Å². The van der Waals surface area contributed by atoms with Crippen LogP contribution in [0.1, 0.15) is 25.7 Å². The maximum Gasteiger partial charge on any atom is 0.325 e. The number of carbonyl (C=O) groups is 4. The molecule has 10 nitrogen and oxygen atoms in total. The van der Waals surface area contributed by atoms with Gasteiger partial charge < -0.3 is 15.5 Å². The summed E-state index contributed by atoms with van der Waals surface area (Å²) in [6, 6.07) is 1.29. The van der Waals surface area contributed by atoms with Crippen LogP contribution in [0.4, 0.5) is 4.79 Å². The number of imide groups is 1. The van der Waals surface area contributed by atoms with Crippen molar-refractivity contribution in [2.75, 3.05) is 19.6 Å². The first kappa shape index (κ1) is 18.9. The lowest BCUT2D eigenvalue weighted by atomic mass is 9.85. The van der Waals surface area contributed by atoms with Crippen LogP contribution in [-0.4, -0.2) is 64.1 Å². The average Bonchev–Trinajstić information content (AvgIpc) is 3.25. The van der Waals surface area contributed by atoms with Gasteiger partial charge >= 0.3 is 6.03 Å². The number of carbonyl (C=O) groups excluding carboxylic acids is 4. The van der Waals surface area contributed by atoms with E-state index in [0.29, 0.717) is 38.8 Å². The lowest BCUT2D eigenvalue weighted by Crippen LogP contribution is -2.45. The Kier molecular flexibility index (Phi) is 6.05. The highest BCUT2D eigenvalue weighted by Gasteiger charge is 2.30. The average molecular weight is 376 g/mol. The third-order valence-electron chi connectivity index (χ3n) is 4.86. The van der Waals surface area contributed by atoms with E-state index in [-0.39, 0.29) is 36.9 Å². The van der Waals surface area contributed by atoms with Crippen molar-refractivity contribution in [1.29, 1.82) is 0 Å². The van der Waals surface area contributed by atoms with Crippen LogP contribution in [0, 0.1) is 5.92 Å². The lowest BCUT2D eigenvalue weighted by Gasteiger charge is -2.28. The molecule has 1 saturated carbocycles. The van der Waals surface area contributed by atoms with Crippen LogP contribution in [-0.2, 0) is 20.9 Å². The predicted octanol–water partition coefficient (Wildman–Crippen LogP) is -0.774. The minimum atomic E-state index is -0.536. The van der Waals surface area contributed by atoms with E-state index in [9.17, 15) is 19.2 Å². The molecule has 2 aliphatic rings. The Balaban J connectivity index is 1.33. The van der Waals surface area contributed by atoms with Crippen molar-refractivity contribution in [2.24, 2.45) is 5.92 Å². The minimum absolute atomic E-state index is 0.00742. The molecule has 5 amide bonds. The first-order valence-electron chi connectivity index (χ1n) is 9.14. The summed E-state index contributed by atoms with van der Waals surface area (Å²) in [6.45, 7) is 0.952. The van der Waals surface area contributed by atoms with Crippen LogP contribution < -0.4 is 16.0 Å². The number of aromatic nitrogens is 2. The van der Waals surface area contributed by atoms with Crippen molar-refractivity contribution in [3.8, 4) is 0 Å². The lowest BCUT2D eigenvalue weighted by molar-refractivity contribution is -0.126. The standard InChI is InChI=1S/C17H24N6O4/c24-14(10-22-11-15(25)21-17(22)27)20-13-4-2-12(3-5-13)16(26)18-7-9-23-8-1-6-19-23/h1,6,8,12-13H,2-5,7,9-11H2,(H,18,26)(H,20,24)(H,21,25,27). The molecule has 2 heterocycles. The number of nitrogens with one attached hydrogen (secondary N) is 3. The molecule has 0 spiro atoms. The van der Waals surface area contributed by atoms with Crippen LogP contribution in [0.2, 0.25) is 0 Å². The quantitative estimate of drug-likeness (QED) is 0.539. The zero-order valence-electron chi connectivity index (χ0n) is 15.0. The molecule has 1 aromatic heterocycles. The molecule has 3 rings (SSSR count). The molecule has 0 atom stereocenters. The zero-order valence-corrected chi connectivity index (χ0v) is 15.0.